The van der Waals surface area contributed by atoms with Gasteiger partial charge in [0.15, 0.2) is 5.11 Å². The summed E-state index contributed by atoms with van der Waals surface area (Å²) in [4.78, 5) is 1.93. The molecule has 2 N–H and O–H groups in total. The van der Waals surface area contributed by atoms with E-state index in [0.717, 1.165) is 17.8 Å². The lowest BCUT2D eigenvalue weighted by molar-refractivity contribution is 0.254. The zero-order chi connectivity index (χ0) is 12.0. The molecule has 3 nitrogen and oxygen atoms in total. The van der Waals surface area contributed by atoms with E-state index in [9.17, 15) is 0 Å². The normalized spacial score (nSPS) is 9.94. The van der Waals surface area contributed by atoms with Crippen molar-refractivity contribution in [3.63, 3.8) is 0 Å². The van der Waals surface area contributed by atoms with Crippen molar-refractivity contribution in [2.24, 2.45) is 0 Å². The van der Waals surface area contributed by atoms with E-state index in [0.29, 0.717) is 11.7 Å². The van der Waals surface area contributed by atoms with Crippen LogP contribution in [0, 0.1) is 6.92 Å². The lowest BCUT2D eigenvalue weighted by Gasteiger charge is -2.23. The first-order valence-corrected chi connectivity index (χ1v) is 5.82. The number of anilines is 1. The SMILES string of the molecule is CCN(CCO)C(=S)Nc1ccccc1C. The number of hydrogen-bond donors (Lipinski definition) is 2. The topological polar surface area (TPSA) is 35.5 Å². The molecule has 0 bridgehead atoms. The molecule has 1 rings (SSSR count). The maximum atomic E-state index is 8.91. The van der Waals surface area contributed by atoms with Gasteiger partial charge in [-0.3, -0.25) is 0 Å². The van der Waals surface area contributed by atoms with Crippen molar-refractivity contribution in [1.82, 2.24) is 4.90 Å². The number of aliphatic hydroxyl groups is 1. The number of nitrogens with one attached hydrogen (secondary N) is 1. The van der Waals surface area contributed by atoms with Crippen LogP contribution in [0.2, 0.25) is 0 Å². The molecule has 0 saturated carbocycles. The zero-order valence-corrected chi connectivity index (χ0v) is 10.5. The first kappa shape index (κ1) is 12.9. The van der Waals surface area contributed by atoms with Crippen molar-refractivity contribution in [3.05, 3.63) is 29.8 Å². The van der Waals surface area contributed by atoms with Gasteiger partial charge in [-0.15, -0.1) is 0 Å². The van der Waals surface area contributed by atoms with Crippen molar-refractivity contribution in [2.45, 2.75) is 13.8 Å². The average molecular weight is 238 g/mol. The van der Waals surface area contributed by atoms with E-state index < -0.39 is 0 Å². The van der Waals surface area contributed by atoms with Gasteiger partial charge in [0.2, 0.25) is 0 Å². The Labute approximate surface area is 102 Å². The monoisotopic (exact) mass is 238 g/mol. The maximum absolute atomic E-state index is 8.91. The van der Waals surface area contributed by atoms with E-state index in [4.69, 9.17) is 17.3 Å². The summed E-state index contributed by atoms with van der Waals surface area (Å²) < 4.78 is 0. The molecule has 0 atom stereocenters. The third-order valence-corrected chi connectivity index (χ3v) is 2.79. The van der Waals surface area contributed by atoms with Gasteiger partial charge in [-0.2, -0.15) is 0 Å². The Hall–Kier alpha value is -1.13. The third kappa shape index (κ3) is 3.47. The zero-order valence-electron chi connectivity index (χ0n) is 9.73. The predicted octanol–water partition coefficient (Wildman–Crippen LogP) is 2.01. The first-order valence-electron chi connectivity index (χ1n) is 5.41. The van der Waals surface area contributed by atoms with Crippen molar-refractivity contribution in [3.8, 4) is 0 Å². The van der Waals surface area contributed by atoms with Gasteiger partial charge in [0.25, 0.3) is 0 Å². The summed E-state index contributed by atoms with van der Waals surface area (Å²) in [6, 6.07) is 8.00. The quantitative estimate of drug-likeness (QED) is 0.787. The molecule has 0 aliphatic rings. The number of aliphatic hydroxyl groups excluding tert-OH is 1. The summed E-state index contributed by atoms with van der Waals surface area (Å²) in [6.07, 6.45) is 0. The molecule has 88 valence electrons. The van der Waals surface area contributed by atoms with E-state index in [-0.39, 0.29) is 6.61 Å². The smallest absolute Gasteiger partial charge is 0.173 e. The summed E-state index contributed by atoms with van der Waals surface area (Å²) in [6.45, 7) is 5.52. The Balaban J connectivity index is 2.66. The van der Waals surface area contributed by atoms with Gasteiger partial charge in [0.05, 0.1) is 6.61 Å². The second-order valence-electron chi connectivity index (χ2n) is 3.55. The average Bonchev–Trinajstić information content (AvgIpc) is 2.29. The van der Waals surface area contributed by atoms with Gasteiger partial charge >= 0.3 is 0 Å². The van der Waals surface area contributed by atoms with E-state index in [2.05, 4.69) is 5.32 Å². The lowest BCUT2D eigenvalue weighted by Crippen LogP contribution is -2.36. The highest BCUT2D eigenvalue weighted by molar-refractivity contribution is 7.80. The van der Waals surface area contributed by atoms with Crippen LogP contribution in [0.25, 0.3) is 0 Å². The number of hydrogen-bond acceptors (Lipinski definition) is 2. The van der Waals surface area contributed by atoms with Crippen molar-refractivity contribution in [2.75, 3.05) is 25.0 Å². The Bertz CT molecular complexity index is 355. The molecule has 16 heavy (non-hydrogen) atoms. The molecule has 0 unspecified atom stereocenters. The second kappa shape index (κ2) is 6.45. The highest BCUT2D eigenvalue weighted by Gasteiger charge is 2.07. The van der Waals surface area contributed by atoms with Crippen LogP contribution in [0.1, 0.15) is 12.5 Å². The van der Waals surface area contributed by atoms with Gasteiger partial charge in [0, 0.05) is 18.8 Å². The number of para-hydroxylation sites is 1. The molecule has 0 radical (unpaired) electrons. The molecule has 4 heteroatoms. The standard InChI is InChI=1S/C12H18N2OS/c1-3-14(8-9-15)12(16)13-11-7-5-4-6-10(11)2/h4-7,15H,3,8-9H2,1-2H3,(H,13,16). The number of likely N-dealkylation sites (N-methyl/N-ethyl adjacent to an activating group) is 1. The minimum Gasteiger partial charge on any atom is -0.395 e. The minimum atomic E-state index is 0.115. The number of nitrogens with zero attached hydrogens (tertiary/aromatic N) is 1. The molecule has 0 spiro atoms. The predicted molar refractivity (Wildman–Crippen MR) is 71.7 cm³/mol. The van der Waals surface area contributed by atoms with E-state index in [1.807, 2.05) is 43.0 Å². The number of benzene rings is 1. The first-order chi connectivity index (χ1) is 7.69. The fourth-order valence-corrected chi connectivity index (χ4v) is 1.76. The fraction of sp³-hybridized carbons (Fsp3) is 0.417. The largest absolute Gasteiger partial charge is 0.395 e. The van der Waals surface area contributed by atoms with Crippen molar-refractivity contribution < 1.29 is 5.11 Å². The number of thiocarbonyl (C=S) groups is 1. The molecule has 0 amide bonds. The molecule has 0 aliphatic carbocycles. The number of rotatable bonds is 4. The number of aryl methyl sites for hydroxylation is 1. The van der Waals surface area contributed by atoms with E-state index in [1.165, 1.54) is 0 Å². The van der Waals surface area contributed by atoms with Crippen LogP contribution in [0.5, 0.6) is 0 Å². The van der Waals surface area contributed by atoms with Crippen LogP contribution in [0.3, 0.4) is 0 Å². The molecule has 1 aromatic carbocycles. The van der Waals surface area contributed by atoms with E-state index in [1.54, 1.807) is 0 Å². The molecule has 0 heterocycles. The highest BCUT2D eigenvalue weighted by atomic mass is 32.1. The van der Waals surface area contributed by atoms with Gasteiger partial charge in [-0.25, -0.2) is 0 Å². The molecule has 0 aromatic heterocycles. The van der Waals surface area contributed by atoms with Gasteiger partial charge in [0.1, 0.15) is 0 Å². The van der Waals surface area contributed by atoms with Crippen LogP contribution in [0.4, 0.5) is 5.69 Å². The lowest BCUT2D eigenvalue weighted by atomic mass is 10.2. The third-order valence-electron chi connectivity index (χ3n) is 2.43. The fourth-order valence-electron chi connectivity index (χ4n) is 1.43. The highest BCUT2D eigenvalue weighted by Crippen LogP contribution is 2.13. The Kier molecular flexibility index (Phi) is 5.22. The molecular formula is C12H18N2OS. The van der Waals surface area contributed by atoms with Crippen LogP contribution >= 0.6 is 12.2 Å². The molecule has 0 aliphatic heterocycles. The Morgan fingerprint density at radius 1 is 1.44 bits per heavy atom. The summed E-state index contributed by atoms with van der Waals surface area (Å²) in [5, 5.41) is 12.8. The Morgan fingerprint density at radius 2 is 2.12 bits per heavy atom. The Morgan fingerprint density at radius 3 is 2.69 bits per heavy atom. The van der Waals surface area contributed by atoms with Gasteiger partial charge in [-0.1, -0.05) is 18.2 Å². The van der Waals surface area contributed by atoms with Crippen LogP contribution in [-0.4, -0.2) is 34.8 Å². The van der Waals surface area contributed by atoms with E-state index >= 15 is 0 Å². The summed E-state index contributed by atoms with van der Waals surface area (Å²) in [5.41, 5.74) is 2.17. The summed E-state index contributed by atoms with van der Waals surface area (Å²) in [7, 11) is 0. The van der Waals surface area contributed by atoms with Gasteiger partial charge < -0.3 is 15.3 Å². The molecule has 0 fully saturated rings. The molecule has 1 aromatic rings. The molecular weight excluding hydrogens is 220 g/mol. The summed E-state index contributed by atoms with van der Waals surface area (Å²) >= 11 is 5.29. The second-order valence-corrected chi connectivity index (χ2v) is 3.94. The summed E-state index contributed by atoms with van der Waals surface area (Å²) in [5.74, 6) is 0. The van der Waals surface area contributed by atoms with Crippen molar-refractivity contribution in [1.29, 1.82) is 0 Å². The van der Waals surface area contributed by atoms with Crippen LogP contribution in [0.15, 0.2) is 24.3 Å². The minimum absolute atomic E-state index is 0.115. The van der Waals surface area contributed by atoms with Gasteiger partial charge in [-0.05, 0) is 37.7 Å². The maximum Gasteiger partial charge on any atom is 0.173 e. The van der Waals surface area contributed by atoms with Crippen LogP contribution < -0.4 is 5.32 Å². The van der Waals surface area contributed by atoms with Crippen LogP contribution in [-0.2, 0) is 0 Å². The molecule has 0 saturated heterocycles. The van der Waals surface area contributed by atoms with Crippen molar-refractivity contribution >= 4 is 23.0 Å².